The minimum absolute atomic E-state index is 0.166. The fraction of sp³-hybridized carbons (Fsp3) is 0.167. The minimum atomic E-state index is -0.416. The molecule has 0 fully saturated rings. The van der Waals surface area contributed by atoms with Gasteiger partial charge in [0.2, 0.25) is 5.91 Å². The van der Waals surface area contributed by atoms with Crippen molar-refractivity contribution >= 4 is 51.3 Å². The van der Waals surface area contributed by atoms with Crippen LogP contribution in [0.25, 0.3) is 0 Å². The van der Waals surface area contributed by atoms with Crippen LogP contribution in [0.15, 0.2) is 29.8 Å². The predicted octanol–water partition coefficient (Wildman–Crippen LogP) is 3.89. The van der Waals surface area contributed by atoms with Gasteiger partial charge in [0.05, 0.1) is 10.0 Å². The van der Waals surface area contributed by atoms with Gasteiger partial charge in [-0.2, -0.15) is 0 Å². The number of aromatic nitrogens is 1. The van der Waals surface area contributed by atoms with Gasteiger partial charge in [0.15, 0.2) is 5.13 Å². The molecule has 2 N–H and O–H groups in total. The second-order valence-corrected chi connectivity index (χ2v) is 5.53. The summed E-state index contributed by atoms with van der Waals surface area (Å²) in [6.45, 7) is 1.76. The van der Waals surface area contributed by atoms with Crippen molar-refractivity contribution in [3.63, 3.8) is 0 Å². The quantitative estimate of drug-likeness (QED) is 0.900. The fourth-order valence-corrected chi connectivity index (χ4v) is 2.23. The van der Waals surface area contributed by atoms with Gasteiger partial charge in [-0.15, -0.1) is 11.3 Å². The van der Waals surface area contributed by atoms with Gasteiger partial charge in [0.1, 0.15) is 6.04 Å². The molecule has 1 aromatic heterocycles. The maximum Gasteiger partial charge on any atom is 0.248 e. The van der Waals surface area contributed by atoms with Gasteiger partial charge in [-0.3, -0.25) is 4.79 Å². The molecule has 1 heterocycles. The van der Waals surface area contributed by atoms with E-state index < -0.39 is 6.04 Å². The van der Waals surface area contributed by atoms with Crippen LogP contribution in [0.2, 0.25) is 10.0 Å². The van der Waals surface area contributed by atoms with Gasteiger partial charge in [-0.05, 0) is 25.1 Å². The lowest BCUT2D eigenvalue weighted by molar-refractivity contribution is -0.116. The number of carbonyl (C=O) groups is 1. The smallest absolute Gasteiger partial charge is 0.248 e. The fourth-order valence-electron chi connectivity index (χ4n) is 1.40. The summed E-state index contributed by atoms with van der Waals surface area (Å²) in [6.07, 6.45) is 1.64. The molecule has 19 heavy (non-hydrogen) atoms. The number of hydrogen-bond acceptors (Lipinski definition) is 4. The Morgan fingerprint density at radius 3 is 2.79 bits per heavy atom. The van der Waals surface area contributed by atoms with Crippen molar-refractivity contribution in [3.8, 4) is 0 Å². The Kier molecular flexibility index (Phi) is 4.63. The van der Waals surface area contributed by atoms with E-state index in [1.54, 1.807) is 36.7 Å². The average molecular weight is 316 g/mol. The Morgan fingerprint density at radius 2 is 2.16 bits per heavy atom. The van der Waals surface area contributed by atoms with Crippen molar-refractivity contribution in [2.24, 2.45) is 0 Å². The number of anilines is 2. The molecule has 7 heteroatoms. The molecule has 0 bridgehead atoms. The Balaban J connectivity index is 1.98. The summed E-state index contributed by atoms with van der Waals surface area (Å²) < 4.78 is 0. The third-order valence-corrected chi connectivity index (χ3v) is 3.79. The summed E-state index contributed by atoms with van der Waals surface area (Å²) in [5, 5.41) is 9.06. The molecule has 2 aromatic rings. The number of hydrogen-bond donors (Lipinski definition) is 2. The zero-order chi connectivity index (χ0) is 13.8. The van der Waals surface area contributed by atoms with E-state index in [1.807, 2.05) is 0 Å². The van der Waals surface area contributed by atoms with Crippen molar-refractivity contribution in [1.29, 1.82) is 0 Å². The van der Waals surface area contributed by atoms with Crippen LogP contribution in [0.1, 0.15) is 6.92 Å². The third kappa shape index (κ3) is 3.83. The molecule has 0 saturated heterocycles. The normalized spacial score (nSPS) is 11.9. The Bertz CT molecular complexity index is 574. The van der Waals surface area contributed by atoms with Crippen LogP contribution in [0.3, 0.4) is 0 Å². The van der Waals surface area contributed by atoms with Gasteiger partial charge in [0, 0.05) is 17.3 Å². The van der Waals surface area contributed by atoms with Crippen LogP contribution < -0.4 is 10.6 Å². The first-order valence-electron chi connectivity index (χ1n) is 5.48. The summed E-state index contributed by atoms with van der Waals surface area (Å²) in [5.74, 6) is -0.166. The van der Waals surface area contributed by atoms with E-state index in [1.165, 1.54) is 11.3 Å². The van der Waals surface area contributed by atoms with Crippen molar-refractivity contribution in [2.45, 2.75) is 13.0 Å². The third-order valence-electron chi connectivity index (χ3n) is 2.36. The van der Waals surface area contributed by atoms with E-state index in [2.05, 4.69) is 15.6 Å². The lowest BCUT2D eigenvalue weighted by atomic mass is 10.2. The van der Waals surface area contributed by atoms with Crippen molar-refractivity contribution in [3.05, 3.63) is 39.8 Å². The van der Waals surface area contributed by atoms with Gasteiger partial charge in [-0.1, -0.05) is 23.2 Å². The Morgan fingerprint density at radius 1 is 1.37 bits per heavy atom. The van der Waals surface area contributed by atoms with Crippen molar-refractivity contribution in [2.75, 3.05) is 10.6 Å². The summed E-state index contributed by atoms with van der Waals surface area (Å²) in [6, 6.07) is 4.71. The lowest BCUT2D eigenvalue weighted by Crippen LogP contribution is -2.31. The number of rotatable bonds is 4. The zero-order valence-corrected chi connectivity index (χ0v) is 12.3. The summed E-state index contributed by atoms with van der Waals surface area (Å²) in [7, 11) is 0. The van der Waals surface area contributed by atoms with Crippen LogP contribution in [0.4, 0.5) is 10.8 Å². The molecule has 2 rings (SSSR count). The largest absolute Gasteiger partial charge is 0.374 e. The maximum atomic E-state index is 11.9. The lowest BCUT2D eigenvalue weighted by Gasteiger charge is -2.14. The van der Waals surface area contributed by atoms with E-state index in [0.717, 1.165) is 5.69 Å². The van der Waals surface area contributed by atoms with E-state index >= 15 is 0 Å². The van der Waals surface area contributed by atoms with Crippen LogP contribution in [-0.4, -0.2) is 16.9 Å². The number of thiazole rings is 1. The SMILES string of the molecule is C[C@H](Nc1ccc(Cl)c(Cl)c1)C(=O)Nc1nccs1. The minimum Gasteiger partial charge on any atom is -0.374 e. The molecule has 0 unspecified atom stereocenters. The highest BCUT2D eigenvalue weighted by Crippen LogP contribution is 2.25. The number of halogens is 2. The van der Waals surface area contributed by atoms with Gasteiger partial charge >= 0.3 is 0 Å². The molecule has 0 aliphatic carbocycles. The topological polar surface area (TPSA) is 54.0 Å². The van der Waals surface area contributed by atoms with E-state index in [0.29, 0.717) is 15.2 Å². The molecule has 0 spiro atoms. The number of nitrogens with zero attached hydrogens (tertiary/aromatic N) is 1. The molecule has 100 valence electrons. The second kappa shape index (κ2) is 6.23. The van der Waals surface area contributed by atoms with Crippen LogP contribution in [-0.2, 0) is 4.79 Å². The second-order valence-electron chi connectivity index (χ2n) is 3.82. The average Bonchev–Trinajstić information content (AvgIpc) is 2.86. The first-order chi connectivity index (χ1) is 9.06. The first kappa shape index (κ1) is 14.1. The van der Waals surface area contributed by atoms with E-state index in [9.17, 15) is 4.79 Å². The predicted molar refractivity (Wildman–Crippen MR) is 80.3 cm³/mol. The number of amides is 1. The monoisotopic (exact) mass is 315 g/mol. The van der Waals surface area contributed by atoms with Crippen LogP contribution in [0, 0.1) is 0 Å². The molecular formula is C12H11Cl2N3OS. The highest BCUT2D eigenvalue weighted by Gasteiger charge is 2.14. The first-order valence-corrected chi connectivity index (χ1v) is 7.12. The van der Waals surface area contributed by atoms with Crippen molar-refractivity contribution < 1.29 is 4.79 Å². The molecule has 1 aromatic carbocycles. The molecule has 0 aliphatic heterocycles. The van der Waals surface area contributed by atoms with Crippen molar-refractivity contribution in [1.82, 2.24) is 4.98 Å². The molecule has 0 saturated carbocycles. The molecule has 0 aliphatic rings. The maximum absolute atomic E-state index is 11.9. The molecular weight excluding hydrogens is 305 g/mol. The Labute approximate surface area is 124 Å². The summed E-state index contributed by atoms with van der Waals surface area (Å²) in [5.41, 5.74) is 0.733. The summed E-state index contributed by atoms with van der Waals surface area (Å²) >= 11 is 13.1. The molecule has 1 amide bonds. The van der Waals surface area contributed by atoms with Gasteiger partial charge in [0.25, 0.3) is 0 Å². The number of carbonyl (C=O) groups excluding carboxylic acids is 1. The van der Waals surface area contributed by atoms with Gasteiger partial charge in [-0.25, -0.2) is 4.98 Å². The van der Waals surface area contributed by atoms with Crippen LogP contribution in [0.5, 0.6) is 0 Å². The number of nitrogens with one attached hydrogen (secondary N) is 2. The van der Waals surface area contributed by atoms with Gasteiger partial charge < -0.3 is 10.6 Å². The Hall–Kier alpha value is -1.30. The molecule has 4 nitrogen and oxygen atoms in total. The van der Waals surface area contributed by atoms with Crippen LogP contribution >= 0.6 is 34.5 Å². The van der Waals surface area contributed by atoms with E-state index in [-0.39, 0.29) is 5.91 Å². The zero-order valence-electron chi connectivity index (χ0n) is 9.98. The molecule has 0 radical (unpaired) electrons. The highest BCUT2D eigenvalue weighted by atomic mass is 35.5. The molecule has 1 atom stereocenters. The highest BCUT2D eigenvalue weighted by molar-refractivity contribution is 7.13. The van der Waals surface area contributed by atoms with E-state index in [4.69, 9.17) is 23.2 Å². The summed E-state index contributed by atoms with van der Waals surface area (Å²) in [4.78, 5) is 15.9. The standard InChI is InChI=1S/C12H11Cl2N3OS/c1-7(11(18)17-12-15-4-5-19-12)16-8-2-3-9(13)10(14)6-8/h2-7,16H,1H3,(H,15,17,18)/t7-/m0/s1. The number of benzene rings is 1.